The normalized spacial score (nSPS) is 13.8. The Bertz CT molecular complexity index is 512. The highest BCUT2D eigenvalue weighted by molar-refractivity contribution is 7.99. The van der Waals surface area contributed by atoms with Crippen molar-refractivity contribution in [3.63, 3.8) is 0 Å². The van der Waals surface area contributed by atoms with E-state index in [-0.39, 0.29) is 0 Å². The molecule has 122 valence electrons. The third-order valence-electron chi connectivity index (χ3n) is 3.07. The zero-order valence-electron chi connectivity index (χ0n) is 13.2. The van der Waals surface area contributed by atoms with Crippen LogP contribution in [0.2, 0.25) is 0 Å². The van der Waals surface area contributed by atoms with E-state index in [1.807, 2.05) is 12.3 Å². The Balaban J connectivity index is 2.50. The van der Waals surface area contributed by atoms with Gasteiger partial charge in [0.2, 0.25) is 10.0 Å². The van der Waals surface area contributed by atoms with Crippen LogP contribution in [0.15, 0.2) is 16.3 Å². The van der Waals surface area contributed by atoms with Gasteiger partial charge in [0.25, 0.3) is 0 Å². The van der Waals surface area contributed by atoms with Gasteiger partial charge in [-0.25, -0.2) is 13.1 Å². The summed E-state index contributed by atoms with van der Waals surface area (Å²) in [6.07, 6.45) is 3.74. The van der Waals surface area contributed by atoms with Crippen molar-refractivity contribution in [3.05, 3.63) is 17.0 Å². The summed E-state index contributed by atoms with van der Waals surface area (Å²) in [5.41, 5.74) is 0. The lowest BCUT2D eigenvalue weighted by Crippen LogP contribution is -2.25. The molecule has 0 aliphatic carbocycles. The van der Waals surface area contributed by atoms with Gasteiger partial charge in [-0.1, -0.05) is 20.8 Å². The number of hydrogen-bond donors (Lipinski definition) is 2. The van der Waals surface area contributed by atoms with E-state index in [1.165, 1.54) is 11.3 Å². The van der Waals surface area contributed by atoms with Crippen LogP contribution in [0.3, 0.4) is 0 Å². The van der Waals surface area contributed by atoms with Crippen LogP contribution in [-0.2, 0) is 16.4 Å². The number of nitrogens with one attached hydrogen (secondary N) is 2. The number of rotatable bonds is 10. The summed E-state index contributed by atoms with van der Waals surface area (Å²) in [6.45, 7) is 7.67. The average Bonchev–Trinajstić information content (AvgIpc) is 2.87. The minimum Gasteiger partial charge on any atom is -0.314 e. The molecule has 7 heteroatoms. The standard InChI is InChI=1S/C14H26N2O2S3/c1-11(2)15-9-8-13-5-6-14(20-13)21(17,18)16-10-7-12(3)19-4/h5-6,11-12,15-16H,7-10H2,1-4H3. The third kappa shape index (κ3) is 7.15. The van der Waals surface area contributed by atoms with Crippen molar-refractivity contribution in [3.8, 4) is 0 Å². The number of thioether (sulfide) groups is 1. The SMILES string of the molecule is CSC(C)CCNS(=O)(=O)c1ccc(CCNC(C)C)s1. The molecule has 0 saturated carbocycles. The first kappa shape index (κ1) is 19.0. The Morgan fingerprint density at radius 3 is 2.57 bits per heavy atom. The van der Waals surface area contributed by atoms with E-state index in [1.54, 1.807) is 17.8 Å². The molecule has 2 N–H and O–H groups in total. The first-order chi connectivity index (χ1) is 9.85. The molecule has 4 nitrogen and oxygen atoms in total. The fourth-order valence-corrected chi connectivity index (χ4v) is 4.51. The van der Waals surface area contributed by atoms with Crippen LogP contribution >= 0.6 is 23.1 Å². The minimum absolute atomic E-state index is 0.416. The topological polar surface area (TPSA) is 58.2 Å². The van der Waals surface area contributed by atoms with E-state index in [0.29, 0.717) is 22.0 Å². The maximum Gasteiger partial charge on any atom is 0.250 e. The van der Waals surface area contributed by atoms with Gasteiger partial charge >= 0.3 is 0 Å². The molecule has 0 amide bonds. The summed E-state index contributed by atoms with van der Waals surface area (Å²) < 4.78 is 27.4. The number of hydrogen-bond acceptors (Lipinski definition) is 5. The Hall–Kier alpha value is -0.0800. The summed E-state index contributed by atoms with van der Waals surface area (Å²) >= 11 is 3.11. The molecule has 1 rings (SSSR count). The summed E-state index contributed by atoms with van der Waals surface area (Å²) in [5, 5.41) is 3.80. The van der Waals surface area contributed by atoms with Gasteiger partial charge in [-0.05, 0) is 31.2 Å². The van der Waals surface area contributed by atoms with Crippen LogP contribution in [-0.4, -0.2) is 39.1 Å². The lowest BCUT2D eigenvalue weighted by atomic mass is 10.3. The van der Waals surface area contributed by atoms with Gasteiger partial charge in [-0.3, -0.25) is 0 Å². The Kier molecular flexibility index (Phi) is 8.26. The fraction of sp³-hybridized carbons (Fsp3) is 0.714. The van der Waals surface area contributed by atoms with Crippen molar-refractivity contribution in [2.24, 2.45) is 0 Å². The molecule has 0 spiro atoms. The number of thiophene rings is 1. The quantitative estimate of drug-likeness (QED) is 0.681. The third-order valence-corrected chi connectivity index (χ3v) is 7.21. The number of sulfonamides is 1. The average molecular weight is 351 g/mol. The van der Waals surface area contributed by atoms with E-state index in [4.69, 9.17) is 0 Å². The maximum absolute atomic E-state index is 12.2. The second-order valence-electron chi connectivity index (χ2n) is 5.31. The molecule has 0 aliphatic rings. The molecule has 0 radical (unpaired) electrons. The van der Waals surface area contributed by atoms with Gasteiger partial charge in [-0.15, -0.1) is 11.3 Å². The fourth-order valence-electron chi connectivity index (χ4n) is 1.71. The zero-order chi connectivity index (χ0) is 15.9. The van der Waals surface area contributed by atoms with Crippen LogP contribution in [0.5, 0.6) is 0 Å². The van der Waals surface area contributed by atoms with Crippen molar-refractivity contribution in [2.75, 3.05) is 19.3 Å². The maximum atomic E-state index is 12.2. The summed E-state index contributed by atoms with van der Waals surface area (Å²) in [7, 11) is -3.35. The van der Waals surface area contributed by atoms with Gasteiger partial charge in [0.15, 0.2) is 0 Å². The molecular formula is C14H26N2O2S3. The summed E-state index contributed by atoms with van der Waals surface area (Å²) in [4.78, 5) is 1.10. The lowest BCUT2D eigenvalue weighted by molar-refractivity contribution is 0.581. The van der Waals surface area contributed by atoms with Crippen LogP contribution in [0.4, 0.5) is 0 Å². The monoisotopic (exact) mass is 350 g/mol. The summed E-state index contributed by atoms with van der Waals surface area (Å²) in [6, 6.07) is 4.06. The second kappa shape index (κ2) is 9.15. The molecule has 1 aromatic heterocycles. The van der Waals surface area contributed by atoms with Crippen molar-refractivity contribution in [1.29, 1.82) is 0 Å². The van der Waals surface area contributed by atoms with E-state index in [2.05, 4.69) is 30.8 Å². The van der Waals surface area contributed by atoms with E-state index in [0.717, 1.165) is 24.3 Å². The Labute approximate surface area is 137 Å². The van der Waals surface area contributed by atoms with Crippen LogP contribution in [0.25, 0.3) is 0 Å². The lowest BCUT2D eigenvalue weighted by Gasteiger charge is -2.08. The van der Waals surface area contributed by atoms with Crippen molar-refractivity contribution < 1.29 is 8.42 Å². The van der Waals surface area contributed by atoms with Crippen molar-refractivity contribution in [1.82, 2.24) is 10.0 Å². The first-order valence-electron chi connectivity index (χ1n) is 7.19. The van der Waals surface area contributed by atoms with E-state index >= 15 is 0 Å². The van der Waals surface area contributed by atoms with E-state index in [9.17, 15) is 8.42 Å². The molecule has 1 atom stereocenters. The Morgan fingerprint density at radius 2 is 1.95 bits per heavy atom. The molecular weight excluding hydrogens is 324 g/mol. The molecule has 21 heavy (non-hydrogen) atoms. The highest BCUT2D eigenvalue weighted by atomic mass is 32.2. The van der Waals surface area contributed by atoms with Gasteiger partial charge in [0.1, 0.15) is 4.21 Å². The predicted molar refractivity (Wildman–Crippen MR) is 93.9 cm³/mol. The molecule has 0 fully saturated rings. The highest BCUT2D eigenvalue weighted by Crippen LogP contribution is 2.22. The summed E-state index contributed by atoms with van der Waals surface area (Å²) in [5.74, 6) is 0. The van der Waals surface area contributed by atoms with Gasteiger partial charge < -0.3 is 5.32 Å². The predicted octanol–water partition coefficient (Wildman–Crippen LogP) is 2.71. The van der Waals surface area contributed by atoms with Crippen LogP contribution in [0.1, 0.15) is 32.1 Å². The molecule has 0 aromatic carbocycles. The van der Waals surface area contributed by atoms with Crippen LogP contribution < -0.4 is 10.0 Å². The largest absolute Gasteiger partial charge is 0.314 e. The second-order valence-corrected chi connectivity index (χ2v) is 9.75. The highest BCUT2D eigenvalue weighted by Gasteiger charge is 2.16. The molecule has 1 unspecified atom stereocenters. The zero-order valence-corrected chi connectivity index (χ0v) is 15.6. The minimum atomic E-state index is -3.35. The molecule has 1 aromatic rings. The molecule has 0 saturated heterocycles. The van der Waals surface area contributed by atoms with Gasteiger partial charge in [0.05, 0.1) is 0 Å². The molecule has 1 heterocycles. The Morgan fingerprint density at radius 1 is 1.24 bits per heavy atom. The van der Waals surface area contributed by atoms with Crippen molar-refractivity contribution >= 4 is 33.1 Å². The van der Waals surface area contributed by atoms with E-state index < -0.39 is 10.0 Å². The van der Waals surface area contributed by atoms with Crippen molar-refractivity contribution in [2.45, 2.75) is 49.1 Å². The van der Waals surface area contributed by atoms with Gasteiger partial charge in [-0.2, -0.15) is 11.8 Å². The van der Waals surface area contributed by atoms with Crippen LogP contribution in [0, 0.1) is 0 Å². The van der Waals surface area contributed by atoms with Gasteiger partial charge in [0, 0.05) is 29.3 Å². The first-order valence-corrected chi connectivity index (χ1v) is 10.8. The molecule has 0 aliphatic heterocycles. The smallest absolute Gasteiger partial charge is 0.250 e. The molecule has 0 bridgehead atoms.